The topological polar surface area (TPSA) is 9.23 Å². The van der Waals surface area contributed by atoms with Crippen molar-refractivity contribution in [1.29, 1.82) is 0 Å². The third-order valence-corrected chi connectivity index (χ3v) is 5.25. The maximum absolute atomic E-state index is 6.85. The first-order valence-electron chi connectivity index (χ1n) is 9.08. The second-order valence-electron chi connectivity index (χ2n) is 6.47. The van der Waals surface area contributed by atoms with E-state index in [1.165, 1.54) is 27.5 Å². The molecule has 0 heterocycles. The third kappa shape index (κ3) is 3.27. The van der Waals surface area contributed by atoms with Crippen molar-refractivity contribution in [1.82, 2.24) is 0 Å². The molecule has 26 heavy (non-hydrogen) atoms. The van der Waals surface area contributed by atoms with Gasteiger partial charge in [0.2, 0.25) is 0 Å². The van der Waals surface area contributed by atoms with Crippen molar-refractivity contribution < 1.29 is 4.74 Å². The van der Waals surface area contributed by atoms with Gasteiger partial charge < -0.3 is 4.74 Å². The van der Waals surface area contributed by atoms with E-state index < -0.39 is 0 Å². The van der Waals surface area contributed by atoms with Crippen molar-refractivity contribution >= 4 is 33.5 Å². The Balaban J connectivity index is 1.71. The summed E-state index contributed by atoms with van der Waals surface area (Å²) in [5, 5.41) is 3.35. The predicted molar refractivity (Wildman–Crippen MR) is 112 cm³/mol. The third-order valence-electron chi connectivity index (χ3n) is 4.82. The van der Waals surface area contributed by atoms with E-state index in [-0.39, 0.29) is 0 Å². The first-order chi connectivity index (χ1) is 12.8. The molecule has 0 spiro atoms. The first-order valence-corrected chi connectivity index (χ1v) is 9.45. The second kappa shape index (κ2) is 7.39. The molecular formula is C24H21ClO. The van der Waals surface area contributed by atoms with Gasteiger partial charge in [0.1, 0.15) is 5.75 Å². The van der Waals surface area contributed by atoms with Gasteiger partial charge in [-0.1, -0.05) is 66.2 Å². The van der Waals surface area contributed by atoms with Crippen LogP contribution >= 0.6 is 11.6 Å². The van der Waals surface area contributed by atoms with Crippen molar-refractivity contribution in [2.24, 2.45) is 0 Å². The summed E-state index contributed by atoms with van der Waals surface area (Å²) in [5.74, 6) is 0.897. The lowest BCUT2D eigenvalue weighted by atomic mass is 9.89. The highest BCUT2D eigenvalue weighted by molar-refractivity contribution is 6.40. The molecule has 0 bridgehead atoms. The Kier molecular flexibility index (Phi) is 4.81. The number of ether oxygens (including phenoxy) is 1. The molecule has 0 amide bonds. The average Bonchev–Trinajstić information content (AvgIpc) is 2.69. The van der Waals surface area contributed by atoms with Gasteiger partial charge in [-0.2, -0.15) is 0 Å². The van der Waals surface area contributed by atoms with Crippen LogP contribution < -0.4 is 4.74 Å². The van der Waals surface area contributed by atoms with Crippen LogP contribution in [0.5, 0.6) is 5.75 Å². The van der Waals surface area contributed by atoms with Gasteiger partial charge in [-0.25, -0.2) is 0 Å². The molecule has 1 aliphatic rings. The molecule has 0 saturated heterocycles. The largest absolute Gasteiger partial charge is 0.494 e. The van der Waals surface area contributed by atoms with Crippen LogP contribution in [0, 0.1) is 0 Å². The molecule has 3 aromatic carbocycles. The lowest BCUT2D eigenvalue weighted by Crippen LogP contribution is -1.98. The summed E-state index contributed by atoms with van der Waals surface area (Å²) in [6, 6.07) is 23.2. The summed E-state index contributed by atoms with van der Waals surface area (Å²) in [5.41, 5.74) is 4.69. The SMILES string of the molecule is CCOc1ccc(C2=C(Cl)C(c3ccc4ccccc4c3)=CCC2)cc1. The molecule has 0 aromatic heterocycles. The molecule has 0 saturated carbocycles. The molecule has 2 heteroatoms. The van der Waals surface area contributed by atoms with E-state index in [9.17, 15) is 0 Å². The summed E-state index contributed by atoms with van der Waals surface area (Å²) >= 11 is 6.85. The van der Waals surface area contributed by atoms with Crippen molar-refractivity contribution in [3.63, 3.8) is 0 Å². The fourth-order valence-corrected chi connectivity index (χ4v) is 3.90. The van der Waals surface area contributed by atoms with Gasteiger partial charge in [0, 0.05) is 0 Å². The number of fused-ring (bicyclic) bond motifs is 1. The molecular weight excluding hydrogens is 340 g/mol. The van der Waals surface area contributed by atoms with Crippen LogP contribution in [0.2, 0.25) is 0 Å². The molecule has 4 rings (SSSR count). The van der Waals surface area contributed by atoms with Gasteiger partial charge in [-0.15, -0.1) is 0 Å². The highest BCUT2D eigenvalue weighted by Gasteiger charge is 2.17. The van der Waals surface area contributed by atoms with Gasteiger partial charge in [-0.05, 0) is 71.0 Å². The van der Waals surface area contributed by atoms with Gasteiger partial charge in [-0.3, -0.25) is 0 Å². The van der Waals surface area contributed by atoms with Crippen LogP contribution in [0.4, 0.5) is 0 Å². The van der Waals surface area contributed by atoms with Crippen molar-refractivity contribution in [3.05, 3.63) is 89.0 Å². The maximum atomic E-state index is 6.85. The van der Waals surface area contributed by atoms with E-state index in [0.29, 0.717) is 6.61 Å². The van der Waals surface area contributed by atoms with Gasteiger partial charge in [0.05, 0.1) is 11.6 Å². The number of halogens is 1. The summed E-state index contributed by atoms with van der Waals surface area (Å²) in [6.07, 6.45) is 4.22. The van der Waals surface area contributed by atoms with Crippen molar-refractivity contribution in [2.75, 3.05) is 6.61 Å². The van der Waals surface area contributed by atoms with Gasteiger partial charge in [0.15, 0.2) is 0 Å². The Hall–Kier alpha value is -2.51. The summed E-state index contributed by atoms with van der Waals surface area (Å²) < 4.78 is 5.55. The van der Waals surface area contributed by atoms with Crippen LogP contribution in [0.1, 0.15) is 30.9 Å². The molecule has 1 aliphatic carbocycles. The highest BCUT2D eigenvalue weighted by atomic mass is 35.5. The average molecular weight is 361 g/mol. The lowest BCUT2D eigenvalue weighted by molar-refractivity contribution is 0.340. The summed E-state index contributed by atoms with van der Waals surface area (Å²) in [7, 11) is 0. The zero-order valence-corrected chi connectivity index (χ0v) is 15.6. The molecule has 0 fully saturated rings. The Bertz CT molecular complexity index is 996. The lowest BCUT2D eigenvalue weighted by Gasteiger charge is -2.19. The van der Waals surface area contributed by atoms with E-state index in [1.54, 1.807) is 0 Å². The quantitative estimate of drug-likeness (QED) is 0.483. The molecule has 0 N–H and O–H groups in total. The maximum Gasteiger partial charge on any atom is 0.119 e. The first kappa shape index (κ1) is 16.9. The van der Waals surface area contributed by atoms with E-state index in [1.807, 2.05) is 19.1 Å². The number of hydrogen-bond donors (Lipinski definition) is 0. The zero-order chi connectivity index (χ0) is 17.9. The summed E-state index contributed by atoms with van der Waals surface area (Å²) in [4.78, 5) is 0. The minimum absolute atomic E-state index is 0.678. The van der Waals surface area contributed by atoms with E-state index in [2.05, 4.69) is 60.7 Å². The fourth-order valence-electron chi connectivity index (χ4n) is 3.51. The minimum Gasteiger partial charge on any atom is -0.494 e. The van der Waals surface area contributed by atoms with E-state index >= 15 is 0 Å². The van der Waals surface area contributed by atoms with Crippen LogP contribution in [0.3, 0.4) is 0 Å². The molecule has 1 nitrogen and oxygen atoms in total. The van der Waals surface area contributed by atoms with E-state index in [4.69, 9.17) is 16.3 Å². The van der Waals surface area contributed by atoms with Gasteiger partial charge in [0.25, 0.3) is 0 Å². The fraction of sp³-hybridized carbons (Fsp3) is 0.167. The van der Waals surface area contributed by atoms with Crippen LogP contribution in [0.25, 0.3) is 21.9 Å². The molecule has 3 aromatic rings. The van der Waals surface area contributed by atoms with Gasteiger partial charge >= 0.3 is 0 Å². The van der Waals surface area contributed by atoms with Crippen LogP contribution in [-0.2, 0) is 0 Å². The van der Waals surface area contributed by atoms with Crippen LogP contribution in [0.15, 0.2) is 77.8 Å². The Labute approximate surface area is 159 Å². The van der Waals surface area contributed by atoms with Crippen molar-refractivity contribution in [3.8, 4) is 5.75 Å². The predicted octanol–water partition coefficient (Wildman–Crippen LogP) is 7.07. The smallest absolute Gasteiger partial charge is 0.119 e. The Morgan fingerprint density at radius 1 is 0.885 bits per heavy atom. The minimum atomic E-state index is 0.678. The Morgan fingerprint density at radius 3 is 2.38 bits per heavy atom. The summed E-state index contributed by atoms with van der Waals surface area (Å²) in [6.45, 7) is 2.67. The normalized spacial score (nSPS) is 14.5. The monoisotopic (exact) mass is 360 g/mol. The molecule has 0 radical (unpaired) electrons. The van der Waals surface area contributed by atoms with Crippen LogP contribution in [-0.4, -0.2) is 6.61 Å². The standard InChI is InChI=1S/C24H21ClO/c1-2-26-21-14-12-18(13-15-21)22-8-5-9-23(24(22)25)20-11-10-17-6-3-4-7-19(17)16-20/h3-4,6-7,9-16H,2,5,8H2,1H3. The number of hydrogen-bond acceptors (Lipinski definition) is 1. The van der Waals surface area contributed by atoms with E-state index in [0.717, 1.165) is 29.2 Å². The molecule has 130 valence electrons. The number of benzene rings is 3. The van der Waals surface area contributed by atoms with Crippen molar-refractivity contribution in [2.45, 2.75) is 19.8 Å². The molecule has 0 atom stereocenters. The zero-order valence-electron chi connectivity index (χ0n) is 14.8. The number of rotatable bonds is 4. The second-order valence-corrected chi connectivity index (χ2v) is 6.85. The molecule has 0 unspecified atom stereocenters. The Morgan fingerprint density at radius 2 is 1.62 bits per heavy atom. The molecule has 0 aliphatic heterocycles. The number of allylic oxidation sites excluding steroid dienone is 4. The highest BCUT2D eigenvalue weighted by Crippen LogP contribution is 2.40.